The van der Waals surface area contributed by atoms with Gasteiger partial charge in [0.1, 0.15) is 11.5 Å². The van der Waals surface area contributed by atoms with Crippen molar-refractivity contribution in [2.24, 2.45) is 0 Å². The molecule has 4 unspecified atom stereocenters. The number of ether oxygens (including phenoxy) is 1. The monoisotopic (exact) mass is 271 g/mol. The summed E-state index contributed by atoms with van der Waals surface area (Å²) in [5, 5.41) is 20.7. The minimum atomic E-state index is -0.802. The van der Waals surface area contributed by atoms with Crippen molar-refractivity contribution >= 4 is 0 Å². The fourth-order valence-corrected chi connectivity index (χ4v) is 3.74. The molecule has 2 aliphatic rings. The third-order valence-electron chi connectivity index (χ3n) is 4.84. The van der Waals surface area contributed by atoms with Gasteiger partial charge >= 0.3 is 0 Å². The SMILES string of the molecule is CC1CCC(C(O)C2(C#N)CCCc3ccccc32)O1. The first-order valence-electron chi connectivity index (χ1n) is 7.50. The Morgan fingerprint density at radius 1 is 1.40 bits per heavy atom. The first-order valence-corrected chi connectivity index (χ1v) is 7.50. The number of nitrogens with zero attached hydrogens (tertiary/aromatic N) is 1. The van der Waals surface area contributed by atoms with Crippen molar-refractivity contribution in [2.45, 2.75) is 62.8 Å². The van der Waals surface area contributed by atoms with Crippen LogP contribution in [0.3, 0.4) is 0 Å². The van der Waals surface area contributed by atoms with E-state index in [4.69, 9.17) is 4.74 Å². The summed E-state index contributed by atoms with van der Waals surface area (Å²) in [6.07, 6.45) is 3.70. The Morgan fingerprint density at radius 2 is 2.20 bits per heavy atom. The molecule has 1 heterocycles. The molecule has 0 aromatic heterocycles. The highest BCUT2D eigenvalue weighted by molar-refractivity contribution is 5.43. The summed E-state index contributed by atoms with van der Waals surface area (Å²) >= 11 is 0. The predicted molar refractivity (Wildman–Crippen MR) is 76.2 cm³/mol. The molecule has 3 rings (SSSR count). The molecular formula is C17H21NO2. The summed E-state index contributed by atoms with van der Waals surface area (Å²) in [5.41, 5.74) is 1.40. The van der Waals surface area contributed by atoms with E-state index in [0.29, 0.717) is 0 Å². The molecule has 1 aliphatic heterocycles. The van der Waals surface area contributed by atoms with Gasteiger partial charge < -0.3 is 9.84 Å². The number of aliphatic hydroxyl groups excluding tert-OH is 1. The Labute approximate surface area is 120 Å². The largest absolute Gasteiger partial charge is 0.388 e. The van der Waals surface area contributed by atoms with Gasteiger partial charge in [-0.25, -0.2) is 0 Å². The van der Waals surface area contributed by atoms with Crippen LogP contribution in [-0.2, 0) is 16.6 Å². The highest BCUT2D eigenvalue weighted by atomic mass is 16.5. The van der Waals surface area contributed by atoms with Gasteiger partial charge in [-0.2, -0.15) is 5.26 Å². The molecule has 1 aromatic rings. The van der Waals surface area contributed by atoms with E-state index in [2.05, 4.69) is 12.1 Å². The molecule has 1 aliphatic carbocycles. The van der Waals surface area contributed by atoms with Gasteiger partial charge in [0.15, 0.2) is 0 Å². The summed E-state index contributed by atoms with van der Waals surface area (Å²) < 4.78 is 5.82. The number of hydrogen-bond acceptors (Lipinski definition) is 3. The van der Waals surface area contributed by atoms with E-state index in [0.717, 1.165) is 37.7 Å². The average Bonchev–Trinajstić information content (AvgIpc) is 2.92. The molecule has 106 valence electrons. The van der Waals surface area contributed by atoms with Crippen LogP contribution in [0.2, 0.25) is 0 Å². The van der Waals surface area contributed by atoms with Gasteiger partial charge in [0.25, 0.3) is 0 Å². The lowest BCUT2D eigenvalue weighted by molar-refractivity contribution is -0.0556. The van der Waals surface area contributed by atoms with Crippen molar-refractivity contribution in [3.8, 4) is 6.07 Å². The summed E-state index contributed by atoms with van der Waals surface area (Å²) in [6.45, 7) is 2.03. The predicted octanol–water partition coefficient (Wildman–Crippen LogP) is 2.71. The van der Waals surface area contributed by atoms with Gasteiger partial charge in [0, 0.05) is 0 Å². The molecule has 1 saturated heterocycles. The van der Waals surface area contributed by atoms with Crippen LogP contribution in [0, 0.1) is 11.3 Å². The topological polar surface area (TPSA) is 53.2 Å². The molecule has 1 fully saturated rings. The first kappa shape index (κ1) is 13.6. The second-order valence-electron chi connectivity index (χ2n) is 6.10. The number of aliphatic hydroxyl groups is 1. The zero-order valence-corrected chi connectivity index (χ0v) is 11.9. The van der Waals surface area contributed by atoms with E-state index in [1.807, 2.05) is 25.1 Å². The molecule has 0 radical (unpaired) electrons. The maximum absolute atomic E-state index is 10.8. The van der Waals surface area contributed by atoms with E-state index < -0.39 is 11.5 Å². The summed E-state index contributed by atoms with van der Waals surface area (Å²) in [5.74, 6) is 0. The van der Waals surface area contributed by atoms with E-state index in [9.17, 15) is 10.4 Å². The van der Waals surface area contributed by atoms with Crippen molar-refractivity contribution in [1.29, 1.82) is 5.26 Å². The highest BCUT2D eigenvalue weighted by Crippen LogP contribution is 2.42. The van der Waals surface area contributed by atoms with Gasteiger partial charge in [0.2, 0.25) is 0 Å². The number of fused-ring (bicyclic) bond motifs is 1. The Balaban J connectivity index is 1.98. The first-order chi connectivity index (χ1) is 9.67. The Hall–Kier alpha value is -1.37. The quantitative estimate of drug-likeness (QED) is 0.899. The second kappa shape index (κ2) is 5.20. The van der Waals surface area contributed by atoms with Gasteiger partial charge in [-0.1, -0.05) is 24.3 Å². The van der Waals surface area contributed by atoms with Crippen LogP contribution < -0.4 is 0 Å². The Bertz CT molecular complexity index is 536. The number of hydrogen-bond donors (Lipinski definition) is 1. The van der Waals surface area contributed by atoms with E-state index >= 15 is 0 Å². The average molecular weight is 271 g/mol. The minimum absolute atomic E-state index is 0.184. The standard InChI is InChI=1S/C17H21NO2/c1-12-8-9-15(20-12)16(19)17(11-18)10-4-6-13-5-2-3-7-14(13)17/h2-3,5,7,12,15-16,19H,4,6,8-10H2,1H3. The molecule has 0 spiro atoms. The van der Waals surface area contributed by atoms with Crippen molar-refractivity contribution in [3.05, 3.63) is 35.4 Å². The fourth-order valence-electron chi connectivity index (χ4n) is 3.74. The molecule has 3 heteroatoms. The molecule has 4 atom stereocenters. The van der Waals surface area contributed by atoms with Crippen LogP contribution in [0.4, 0.5) is 0 Å². The van der Waals surface area contributed by atoms with Crippen LogP contribution in [0.1, 0.15) is 43.7 Å². The zero-order valence-electron chi connectivity index (χ0n) is 11.9. The van der Waals surface area contributed by atoms with Crippen LogP contribution in [-0.4, -0.2) is 23.4 Å². The molecule has 0 bridgehead atoms. The molecule has 20 heavy (non-hydrogen) atoms. The third-order valence-corrected chi connectivity index (χ3v) is 4.84. The summed E-state index contributed by atoms with van der Waals surface area (Å²) in [7, 11) is 0. The van der Waals surface area contributed by atoms with Crippen molar-refractivity contribution in [1.82, 2.24) is 0 Å². The number of benzene rings is 1. The van der Waals surface area contributed by atoms with Crippen molar-refractivity contribution in [3.63, 3.8) is 0 Å². The molecule has 3 nitrogen and oxygen atoms in total. The molecule has 1 N–H and O–H groups in total. The minimum Gasteiger partial charge on any atom is -0.388 e. The Kier molecular flexibility index (Phi) is 3.54. The lowest BCUT2D eigenvalue weighted by atomic mass is 9.66. The van der Waals surface area contributed by atoms with E-state index in [1.165, 1.54) is 5.56 Å². The number of rotatable bonds is 2. The molecule has 1 aromatic carbocycles. The van der Waals surface area contributed by atoms with Gasteiger partial charge in [-0.05, 0) is 50.2 Å². The van der Waals surface area contributed by atoms with E-state index in [-0.39, 0.29) is 12.2 Å². The van der Waals surface area contributed by atoms with E-state index in [1.54, 1.807) is 0 Å². The van der Waals surface area contributed by atoms with Crippen LogP contribution in [0.5, 0.6) is 0 Å². The fraction of sp³-hybridized carbons (Fsp3) is 0.588. The smallest absolute Gasteiger partial charge is 0.111 e. The van der Waals surface area contributed by atoms with Crippen LogP contribution >= 0.6 is 0 Å². The third kappa shape index (κ3) is 2.04. The number of nitriles is 1. The highest BCUT2D eigenvalue weighted by Gasteiger charge is 2.48. The molecule has 0 amide bonds. The maximum Gasteiger partial charge on any atom is 0.111 e. The van der Waals surface area contributed by atoms with Crippen LogP contribution in [0.15, 0.2) is 24.3 Å². The van der Waals surface area contributed by atoms with Gasteiger partial charge in [0.05, 0.1) is 18.3 Å². The van der Waals surface area contributed by atoms with Gasteiger partial charge in [-0.15, -0.1) is 0 Å². The zero-order chi connectivity index (χ0) is 14.2. The van der Waals surface area contributed by atoms with Crippen molar-refractivity contribution < 1.29 is 9.84 Å². The summed E-state index contributed by atoms with van der Waals surface area (Å²) in [4.78, 5) is 0. The molecule has 0 saturated carbocycles. The second-order valence-corrected chi connectivity index (χ2v) is 6.10. The van der Waals surface area contributed by atoms with Crippen molar-refractivity contribution in [2.75, 3.05) is 0 Å². The molecular weight excluding hydrogens is 250 g/mol. The summed E-state index contributed by atoms with van der Waals surface area (Å²) in [6, 6.07) is 10.5. The van der Waals surface area contributed by atoms with Gasteiger partial charge in [-0.3, -0.25) is 0 Å². The maximum atomic E-state index is 10.8. The number of aryl methyl sites for hydroxylation is 1. The normalized spacial score (nSPS) is 34.2. The lowest BCUT2D eigenvalue weighted by Crippen LogP contribution is -2.47. The Morgan fingerprint density at radius 3 is 2.90 bits per heavy atom. The van der Waals surface area contributed by atoms with Crippen LogP contribution in [0.25, 0.3) is 0 Å². The lowest BCUT2D eigenvalue weighted by Gasteiger charge is -2.39.